The Hall–Kier alpha value is -3.34. The van der Waals surface area contributed by atoms with Crippen molar-refractivity contribution in [3.8, 4) is 17.4 Å². The van der Waals surface area contributed by atoms with E-state index in [2.05, 4.69) is 9.88 Å². The number of halogens is 6. The van der Waals surface area contributed by atoms with Crippen molar-refractivity contribution in [1.29, 1.82) is 0 Å². The summed E-state index contributed by atoms with van der Waals surface area (Å²) in [5.41, 5.74) is -1.46. The molecule has 3 fully saturated rings. The maximum absolute atomic E-state index is 14.7. The lowest BCUT2D eigenvalue weighted by Gasteiger charge is -2.46. The second kappa shape index (κ2) is 8.34. The average Bonchev–Trinajstić information content (AvgIpc) is 3.37. The van der Waals surface area contributed by atoms with Crippen LogP contribution in [-0.2, 0) is 19.3 Å². The molecule has 4 aliphatic rings. The van der Waals surface area contributed by atoms with Gasteiger partial charge in [-0.3, -0.25) is 4.57 Å². The number of fused-ring (bicyclic) bond motifs is 1. The minimum Gasteiger partial charge on any atom is -0.473 e. The summed E-state index contributed by atoms with van der Waals surface area (Å²) < 4.78 is 80.9. The second-order valence-electron chi connectivity index (χ2n) is 9.66. The molecule has 2 aromatic carbocycles. The molecule has 0 radical (unpaired) electrons. The molecule has 3 aromatic rings. The van der Waals surface area contributed by atoms with Gasteiger partial charge in [-0.2, -0.15) is 18.2 Å². The molecule has 37 heavy (non-hydrogen) atoms. The van der Waals surface area contributed by atoms with E-state index in [4.69, 9.17) is 21.1 Å². The molecular weight excluding hydrogens is 521 g/mol. The molecule has 12 heteroatoms. The molecule has 4 heterocycles. The molecule has 1 aliphatic carbocycles. The lowest BCUT2D eigenvalue weighted by molar-refractivity contribution is -0.137. The third kappa shape index (κ3) is 4.09. The zero-order chi connectivity index (χ0) is 26.1. The van der Waals surface area contributed by atoms with E-state index in [1.54, 1.807) is 10.6 Å². The van der Waals surface area contributed by atoms with Crippen LogP contribution in [0, 0.1) is 17.6 Å². The molecule has 1 saturated carbocycles. The van der Waals surface area contributed by atoms with E-state index in [-0.39, 0.29) is 23.6 Å². The van der Waals surface area contributed by atoms with Gasteiger partial charge in [-0.1, -0.05) is 11.6 Å². The SMILES string of the molecule is O=c1nc(OCc2cc(F)c(Oc3ccc(Cl)c(C(F)(F)F)c3)c(F)c2)cc2n1CCC13CC(CN21)C3. The molecule has 1 spiro atoms. The number of hydrogen-bond donors (Lipinski definition) is 0. The highest BCUT2D eigenvalue weighted by Crippen LogP contribution is 2.56. The number of rotatable bonds is 5. The number of anilines is 1. The molecule has 7 rings (SSSR count). The van der Waals surface area contributed by atoms with Crippen LogP contribution in [-0.4, -0.2) is 21.6 Å². The lowest BCUT2D eigenvalue weighted by atomic mass is 9.71. The fourth-order valence-electron chi connectivity index (χ4n) is 5.65. The summed E-state index contributed by atoms with van der Waals surface area (Å²) >= 11 is 5.57. The van der Waals surface area contributed by atoms with Gasteiger partial charge in [0, 0.05) is 24.7 Å². The van der Waals surface area contributed by atoms with E-state index < -0.39 is 45.6 Å². The van der Waals surface area contributed by atoms with Crippen molar-refractivity contribution in [1.82, 2.24) is 9.55 Å². The molecule has 2 bridgehead atoms. The summed E-state index contributed by atoms with van der Waals surface area (Å²) in [5, 5.41) is -0.569. The minimum atomic E-state index is -4.77. The van der Waals surface area contributed by atoms with Crippen molar-refractivity contribution in [2.45, 2.75) is 44.1 Å². The predicted molar refractivity (Wildman–Crippen MR) is 123 cm³/mol. The summed E-state index contributed by atoms with van der Waals surface area (Å²) in [7, 11) is 0. The smallest absolute Gasteiger partial charge is 0.417 e. The topological polar surface area (TPSA) is 56.6 Å². The van der Waals surface area contributed by atoms with Crippen molar-refractivity contribution >= 4 is 17.4 Å². The molecule has 6 nitrogen and oxygen atoms in total. The van der Waals surface area contributed by atoms with Gasteiger partial charge in [-0.05, 0) is 61.1 Å². The zero-order valence-electron chi connectivity index (χ0n) is 19.1. The average molecular weight is 540 g/mol. The normalized spacial score (nSPS) is 21.8. The van der Waals surface area contributed by atoms with Crippen LogP contribution >= 0.6 is 11.6 Å². The number of aromatic nitrogens is 2. The molecule has 3 aliphatic heterocycles. The van der Waals surface area contributed by atoms with Crippen molar-refractivity contribution in [3.05, 3.63) is 74.7 Å². The fourth-order valence-corrected chi connectivity index (χ4v) is 5.87. The van der Waals surface area contributed by atoms with Gasteiger partial charge >= 0.3 is 11.9 Å². The van der Waals surface area contributed by atoms with Crippen LogP contribution in [0.15, 0.2) is 41.2 Å². The van der Waals surface area contributed by atoms with Crippen LogP contribution in [0.25, 0.3) is 0 Å². The summed E-state index contributed by atoms with van der Waals surface area (Å²) in [6.45, 7) is 1.16. The molecular formula is C25H19ClF5N3O3. The van der Waals surface area contributed by atoms with Gasteiger partial charge in [0.2, 0.25) is 5.88 Å². The van der Waals surface area contributed by atoms with Gasteiger partial charge in [0.05, 0.1) is 10.6 Å². The van der Waals surface area contributed by atoms with Crippen LogP contribution < -0.4 is 20.1 Å². The van der Waals surface area contributed by atoms with E-state index in [9.17, 15) is 26.7 Å². The maximum atomic E-state index is 14.7. The van der Waals surface area contributed by atoms with Gasteiger partial charge in [-0.15, -0.1) is 0 Å². The molecule has 0 amide bonds. The van der Waals surface area contributed by atoms with E-state index >= 15 is 0 Å². The predicted octanol–water partition coefficient (Wildman–Crippen LogP) is 5.94. The third-order valence-corrected chi connectivity index (χ3v) is 7.63. The quantitative estimate of drug-likeness (QED) is 0.376. The van der Waals surface area contributed by atoms with Crippen LogP contribution in [0.3, 0.4) is 0 Å². The molecule has 1 aromatic heterocycles. The van der Waals surface area contributed by atoms with Crippen molar-refractivity contribution in [2.75, 3.05) is 11.4 Å². The Bertz CT molecular complexity index is 1450. The van der Waals surface area contributed by atoms with Crippen LogP contribution in [0.1, 0.15) is 30.4 Å². The summed E-state index contributed by atoms with van der Waals surface area (Å²) in [6.07, 6.45) is -1.64. The number of nitrogens with zero attached hydrogens (tertiary/aromatic N) is 3. The highest BCUT2D eigenvalue weighted by molar-refractivity contribution is 6.31. The van der Waals surface area contributed by atoms with Gasteiger partial charge in [0.25, 0.3) is 0 Å². The molecule has 2 saturated heterocycles. The van der Waals surface area contributed by atoms with Crippen molar-refractivity contribution in [2.24, 2.45) is 5.92 Å². The molecule has 0 N–H and O–H groups in total. The highest BCUT2D eigenvalue weighted by Gasteiger charge is 2.57. The maximum Gasteiger partial charge on any atom is 0.417 e. The minimum absolute atomic E-state index is 0.0411. The Morgan fingerprint density at radius 1 is 1.11 bits per heavy atom. The second-order valence-corrected chi connectivity index (χ2v) is 10.1. The van der Waals surface area contributed by atoms with Gasteiger partial charge in [0.1, 0.15) is 18.2 Å². The fraction of sp³-hybridized carbons (Fsp3) is 0.360. The van der Waals surface area contributed by atoms with Crippen LogP contribution in [0.4, 0.5) is 27.8 Å². The van der Waals surface area contributed by atoms with E-state index in [0.717, 1.165) is 55.9 Å². The van der Waals surface area contributed by atoms with Gasteiger partial charge in [-0.25, -0.2) is 13.6 Å². The molecule has 194 valence electrons. The summed E-state index contributed by atoms with van der Waals surface area (Å²) in [5.74, 6) is -2.18. The summed E-state index contributed by atoms with van der Waals surface area (Å²) in [4.78, 5) is 18.8. The van der Waals surface area contributed by atoms with Crippen molar-refractivity contribution in [3.63, 3.8) is 0 Å². The lowest BCUT2D eigenvalue weighted by Crippen LogP contribution is -2.52. The van der Waals surface area contributed by atoms with E-state index in [1.165, 1.54) is 0 Å². The molecule has 0 unspecified atom stereocenters. The Morgan fingerprint density at radius 2 is 1.84 bits per heavy atom. The van der Waals surface area contributed by atoms with Gasteiger partial charge < -0.3 is 14.4 Å². The van der Waals surface area contributed by atoms with Crippen molar-refractivity contribution < 1.29 is 31.4 Å². The number of alkyl halides is 3. The van der Waals surface area contributed by atoms with Crippen LogP contribution in [0.5, 0.6) is 17.4 Å². The Labute approximate surface area is 212 Å². The Kier molecular flexibility index (Phi) is 5.41. The highest BCUT2D eigenvalue weighted by atomic mass is 35.5. The first-order valence-electron chi connectivity index (χ1n) is 11.6. The first-order chi connectivity index (χ1) is 17.5. The number of ether oxygens (including phenoxy) is 2. The van der Waals surface area contributed by atoms with Crippen LogP contribution in [0.2, 0.25) is 5.02 Å². The van der Waals surface area contributed by atoms with E-state index in [0.29, 0.717) is 18.5 Å². The summed E-state index contributed by atoms with van der Waals surface area (Å²) in [6, 6.07) is 6.11. The largest absolute Gasteiger partial charge is 0.473 e. The zero-order valence-corrected chi connectivity index (χ0v) is 19.9. The number of hydrogen-bond acceptors (Lipinski definition) is 5. The molecule has 0 atom stereocenters. The standard InChI is InChI=1S/C25H19ClF5N3O3/c26-17-2-1-15(7-16(17)25(29,30)31)37-22-18(27)5-13(6-19(22)28)12-36-20-8-21-33(23(35)32-20)4-3-24-9-14(10-24)11-34(21)24/h1-2,5-8,14H,3-4,9-12H2. The monoisotopic (exact) mass is 539 g/mol. The first-order valence-corrected chi connectivity index (χ1v) is 12.0. The Balaban J connectivity index is 1.20. The van der Waals surface area contributed by atoms with Gasteiger partial charge in [0.15, 0.2) is 17.4 Å². The Morgan fingerprint density at radius 3 is 2.54 bits per heavy atom. The number of benzene rings is 2. The third-order valence-electron chi connectivity index (χ3n) is 7.30. The first kappa shape index (κ1) is 24.0. The van der Waals surface area contributed by atoms with E-state index in [1.807, 2.05) is 0 Å².